The molecule has 0 heterocycles. The van der Waals surface area contributed by atoms with Gasteiger partial charge in [-0.1, -0.05) is 29.8 Å². The summed E-state index contributed by atoms with van der Waals surface area (Å²) in [5, 5.41) is 10.1. The molecule has 2 nitrogen and oxygen atoms in total. The lowest BCUT2D eigenvalue weighted by Crippen LogP contribution is -2.04. The molecule has 0 amide bonds. The van der Waals surface area contributed by atoms with Crippen molar-refractivity contribution in [1.29, 1.82) is 0 Å². The fourth-order valence-electron chi connectivity index (χ4n) is 1.81. The Balaban J connectivity index is 2.47. The monoisotopic (exact) mass is 282 g/mol. The van der Waals surface area contributed by atoms with E-state index in [9.17, 15) is 9.90 Å². The van der Waals surface area contributed by atoms with Gasteiger partial charge in [-0.05, 0) is 36.5 Å². The highest BCUT2D eigenvalue weighted by molar-refractivity contribution is 9.10. The Hall–Kier alpha value is -0.830. The van der Waals surface area contributed by atoms with Crippen molar-refractivity contribution in [3.63, 3.8) is 0 Å². The highest BCUT2D eigenvalue weighted by Gasteiger charge is 2.32. The number of benzene rings is 1. The van der Waals surface area contributed by atoms with Gasteiger partial charge >= 0.3 is 0 Å². The third-order valence-electron chi connectivity index (χ3n) is 2.94. The number of halogens is 1. The van der Waals surface area contributed by atoms with Crippen LogP contribution in [0.25, 0.3) is 0 Å². The molecule has 0 spiro atoms. The quantitative estimate of drug-likeness (QED) is 0.855. The predicted molar refractivity (Wildman–Crippen MR) is 67.0 cm³/mol. The minimum atomic E-state index is 0.0840. The van der Waals surface area contributed by atoms with Gasteiger partial charge in [-0.15, -0.1) is 0 Å². The van der Waals surface area contributed by atoms with Crippen LogP contribution in [0.15, 0.2) is 16.6 Å². The number of hydrogen-bond donors (Lipinski definition) is 1. The Bertz CT molecular complexity index is 434. The van der Waals surface area contributed by atoms with Crippen LogP contribution in [0, 0.1) is 5.92 Å². The van der Waals surface area contributed by atoms with Crippen molar-refractivity contribution in [2.45, 2.75) is 32.6 Å². The molecule has 0 saturated heterocycles. The van der Waals surface area contributed by atoms with E-state index in [1.165, 1.54) is 0 Å². The lowest BCUT2D eigenvalue weighted by atomic mass is 9.96. The molecule has 2 rings (SSSR count). The van der Waals surface area contributed by atoms with E-state index in [0.717, 1.165) is 22.9 Å². The predicted octanol–water partition coefficient (Wildman–Crippen LogP) is 3.87. The summed E-state index contributed by atoms with van der Waals surface area (Å²) < 4.78 is 0.859. The third-order valence-corrected chi connectivity index (χ3v) is 3.40. The van der Waals surface area contributed by atoms with Crippen LogP contribution in [0.3, 0.4) is 0 Å². The van der Waals surface area contributed by atoms with E-state index in [1.54, 1.807) is 6.07 Å². The Morgan fingerprint density at radius 3 is 2.56 bits per heavy atom. The number of aromatic hydroxyl groups is 1. The molecular weight excluding hydrogens is 268 g/mol. The maximum atomic E-state index is 12.0. The molecule has 1 aliphatic carbocycles. The number of carbonyl (C=O) groups is 1. The van der Waals surface area contributed by atoms with Gasteiger partial charge in [0.15, 0.2) is 5.78 Å². The van der Waals surface area contributed by atoms with E-state index in [1.807, 2.05) is 19.9 Å². The van der Waals surface area contributed by atoms with E-state index < -0.39 is 0 Å². The molecule has 1 N–H and O–H groups in total. The molecule has 1 saturated carbocycles. The number of Topliss-reactive ketones (excluding diaryl/α,β-unsaturated/α-hetero) is 1. The lowest BCUT2D eigenvalue weighted by molar-refractivity contribution is 0.0965. The van der Waals surface area contributed by atoms with Gasteiger partial charge in [0, 0.05) is 10.4 Å². The van der Waals surface area contributed by atoms with Crippen LogP contribution in [0.1, 0.15) is 48.5 Å². The first-order valence-electron chi connectivity index (χ1n) is 5.57. The normalized spacial score (nSPS) is 15.5. The van der Waals surface area contributed by atoms with Gasteiger partial charge in [0.1, 0.15) is 5.75 Å². The van der Waals surface area contributed by atoms with E-state index in [-0.39, 0.29) is 23.4 Å². The Kier molecular flexibility index (Phi) is 3.06. The molecule has 1 aliphatic rings. The van der Waals surface area contributed by atoms with E-state index in [0.29, 0.717) is 5.56 Å². The molecule has 1 aromatic carbocycles. The zero-order valence-corrected chi connectivity index (χ0v) is 11.0. The molecule has 0 atom stereocenters. The summed E-state index contributed by atoms with van der Waals surface area (Å²) in [6.45, 7) is 4.01. The van der Waals surface area contributed by atoms with Crippen molar-refractivity contribution in [1.82, 2.24) is 0 Å². The van der Waals surface area contributed by atoms with Gasteiger partial charge in [-0.3, -0.25) is 4.79 Å². The van der Waals surface area contributed by atoms with Crippen LogP contribution in [0.5, 0.6) is 5.75 Å². The number of phenolic OH excluding ortho intramolecular Hbond substituents is 1. The van der Waals surface area contributed by atoms with Crippen LogP contribution in [-0.4, -0.2) is 10.9 Å². The zero-order chi connectivity index (χ0) is 11.9. The molecule has 0 aromatic heterocycles. The van der Waals surface area contributed by atoms with Gasteiger partial charge in [-0.25, -0.2) is 0 Å². The highest BCUT2D eigenvalue weighted by Crippen LogP contribution is 2.39. The number of hydrogen-bond acceptors (Lipinski definition) is 2. The Morgan fingerprint density at radius 2 is 2.06 bits per heavy atom. The average molecular weight is 283 g/mol. The molecule has 3 heteroatoms. The minimum absolute atomic E-state index is 0.0840. The maximum absolute atomic E-state index is 12.0. The van der Waals surface area contributed by atoms with Crippen molar-refractivity contribution < 1.29 is 9.90 Å². The molecule has 86 valence electrons. The summed E-state index contributed by atoms with van der Waals surface area (Å²) >= 11 is 3.39. The first-order chi connectivity index (χ1) is 7.50. The molecular formula is C13H15BrO2. The Morgan fingerprint density at radius 1 is 1.44 bits per heavy atom. The first kappa shape index (κ1) is 11.6. The fraction of sp³-hybridized carbons (Fsp3) is 0.462. The standard InChI is InChI=1S/C13H15BrO2/c1-7(2)10-5-9(14)6-11(13(10)16)12(15)8-3-4-8/h5-8,16H,3-4H2,1-2H3. The second-order valence-corrected chi connectivity index (χ2v) is 5.60. The number of rotatable bonds is 3. The van der Waals surface area contributed by atoms with Crippen molar-refractivity contribution in [3.05, 3.63) is 27.7 Å². The van der Waals surface area contributed by atoms with Gasteiger partial charge in [0.05, 0.1) is 5.56 Å². The summed E-state index contributed by atoms with van der Waals surface area (Å²) in [4.78, 5) is 12.0. The third kappa shape index (κ3) is 2.14. The van der Waals surface area contributed by atoms with Gasteiger partial charge in [-0.2, -0.15) is 0 Å². The summed E-state index contributed by atoms with van der Waals surface area (Å²) in [5.41, 5.74) is 1.30. The van der Waals surface area contributed by atoms with Crippen LogP contribution < -0.4 is 0 Å². The van der Waals surface area contributed by atoms with Gasteiger partial charge in [0.2, 0.25) is 0 Å². The summed E-state index contributed by atoms with van der Waals surface area (Å²) in [6, 6.07) is 3.60. The van der Waals surface area contributed by atoms with Gasteiger partial charge < -0.3 is 5.11 Å². The first-order valence-corrected chi connectivity index (χ1v) is 6.36. The lowest BCUT2D eigenvalue weighted by Gasteiger charge is -2.12. The number of ketones is 1. The smallest absolute Gasteiger partial charge is 0.169 e. The topological polar surface area (TPSA) is 37.3 Å². The van der Waals surface area contributed by atoms with Crippen LogP contribution >= 0.6 is 15.9 Å². The largest absolute Gasteiger partial charge is 0.507 e. The molecule has 0 bridgehead atoms. The second kappa shape index (κ2) is 4.21. The molecule has 1 fully saturated rings. The molecule has 0 aliphatic heterocycles. The van der Waals surface area contributed by atoms with E-state index in [4.69, 9.17) is 0 Å². The average Bonchev–Trinajstić information content (AvgIpc) is 3.03. The fourth-order valence-corrected chi connectivity index (χ4v) is 2.29. The SMILES string of the molecule is CC(C)c1cc(Br)cc(C(=O)C2CC2)c1O. The Labute approximate surface area is 104 Å². The van der Waals surface area contributed by atoms with Crippen molar-refractivity contribution in [2.24, 2.45) is 5.92 Å². The second-order valence-electron chi connectivity index (χ2n) is 4.68. The zero-order valence-electron chi connectivity index (χ0n) is 9.46. The van der Waals surface area contributed by atoms with E-state index in [2.05, 4.69) is 15.9 Å². The van der Waals surface area contributed by atoms with Crippen molar-refractivity contribution in [2.75, 3.05) is 0 Å². The van der Waals surface area contributed by atoms with Crippen LogP contribution in [0.2, 0.25) is 0 Å². The van der Waals surface area contributed by atoms with Crippen molar-refractivity contribution >= 4 is 21.7 Å². The van der Waals surface area contributed by atoms with Crippen LogP contribution in [-0.2, 0) is 0 Å². The molecule has 16 heavy (non-hydrogen) atoms. The summed E-state index contributed by atoms with van der Waals surface area (Å²) in [7, 11) is 0. The molecule has 1 aromatic rings. The van der Waals surface area contributed by atoms with Crippen molar-refractivity contribution in [3.8, 4) is 5.75 Å². The number of phenols is 1. The maximum Gasteiger partial charge on any atom is 0.169 e. The molecule has 0 unspecified atom stereocenters. The van der Waals surface area contributed by atoms with E-state index >= 15 is 0 Å². The van der Waals surface area contributed by atoms with Crippen LogP contribution in [0.4, 0.5) is 0 Å². The summed E-state index contributed by atoms with van der Waals surface area (Å²) in [5.74, 6) is 0.597. The number of carbonyl (C=O) groups excluding carboxylic acids is 1. The summed E-state index contributed by atoms with van der Waals surface area (Å²) in [6.07, 6.45) is 1.92. The van der Waals surface area contributed by atoms with Gasteiger partial charge in [0.25, 0.3) is 0 Å². The minimum Gasteiger partial charge on any atom is -0.507 e. The molecule has 0 radical (unpaired) electrons. The highest BCUT2D eigenvalue weighted by atomic mass is 79.9.